The van der Waals surface area contributed by atoms with Crippen LogP contribution in [0.2, 0.25) is 10.0 Å². The third-order valence-electron chi connectivity index (χ3n) is 4.83. The molecule has 1 atom stereocenters. The van der Waals surface area contributed by atoms with Gasteiger partial charge in [-0.3, -0.25) is 9.80 Å². The molecule has 1 aromatic rings. The number of amides is 1. The van der Waals surface area contributed by atoms with Crippen molar-refractivity contribution in [2.75, 3.05) is 5.01 Å². The Bertz CT molecular complexity index is 1130. The number of carbonyl (C=O) groups excluding carboxylic acids is 1. The zero-order valence-corrected chi connectivity index (χ0v) is 19.3. The molecule has 2 aliphatic rings. The number of carbonyl (C=O) groups is 1. The molecule has 0 saturated heterocycles. The van der Waals surface area contributed by atoms with Gasteiger partial charge in [0.1, 0.15) is 5.82 Å². The number of nitrogens with zero attached hydrogens (tertiary/aromatic N) is 3. The van der Waals surface area contributed by atoms with E-state index >= 15 is 0 Å². The fraction of sp³-hybridized carbons (Fsp3) is 0.421. The highest BCUT2D eigenvalue weighted by Gasteiger charge is 2.52. The Morgan fingerprint density at radius 1 is 1.03 bits per heavy atom. The molecule has 1 aromatic carbocycles. The number of hydrogen-bond donors (Lipinski definition) is 2. The van der Waals surface area contributed by atoms with Gasteiger partial charge in [-0.2, -0.15) is 44.9 Å². The van der Waals surface area contributed by atoms with E-state index in [2.05, 4.69) is 20.7 Å². The van der Waals surface area contributed by atoms with E-state index in [0.29, 0.717) is 30.0 Å². The highest BCUT2D eigenvalue weighted by molar-refractivity contribution is 6.39. The van der Waals surface area contributed by atoms with Crippen molar-refractivity contribution in [2.24, 2.45) is 9.98 Å². The third kappa shape index (κ3) is 5.72. The van der Waals surface area contributed by atoms with Gasteiger partial charge in [-0.25, -0.2) is 9.98 Å². The van der Waals surface area contributed by atoms with E-state index in [1.165, 1.54) is 0 Å². The van der Waals surface area contributed by atoms with Crippen molar-refractivity contribution in [1.82, 2.24) is 10.7 Å². The van der Waals surface area contributed by atoms with Crippen LogP contribution in [-0.4, -0.2) is 36.0 Å². The molecule has 0 radical (unpaired) electrons. The van der Waals surface area contributed by atoms with Gasteiger partial charge in [0.15, 0.2) is 11.9 Å². The summed E-state index contributed by atoms with van der Waals surface area (Å²) in [6.45, 7) is 1.72. The lowest BCUT2D eigenvalue weighted by Crippen LogP contribution is -2.43. The first-order valence-corrected chi connectivity index (χ1v) is 10.7. The molecule has 17 heteroatoms. The topological polar surface area (TPSA) is 69.1 Å². The van der Waals surface area contributed by atoms with Gasteiger partial charge in [0.05, 0.1) is 26.9 Å². The van der Waals surface area contributed by atoms with Crippen molar-refractivity contribution >= 4 is 46.3 Å². The summed E-state index contributed by atoms with van der Waals surface area (Å²) < 4.78 is 120. The number of unbranched alkanes of at least 4 members (excludes halogenated alkanes) is 1. The van der Waals surface area contributed by atoms with Crippen LogP contribution < -0.4 is 15.8 Å². The van der Waals surface area contributed by atoms with Gasteiger partial charge >= 0.3 is 18.5 Å². The Balaban J connectivity index is 2.23. The van der Waals surface area contributed by atoms with E-state index in [9.17, 15) is 44.3 Å². The number of alkyl halides is 9. The standard InChI is InChI=1S/C19H14Cl2F9N5O/c1-2-3-4-10(36)31-15-11-13(18(25,26)27)32-16(19(28,29)30)33-14(11)34-35(15)12-8(20)5-7(6-9(12)21)17(22,23)24/h5-6,14,34H,2-4H2,1H3,(H,31,36). The van der Waals surface area contributed by atoms with E-state index in [0.717, 1.165) is 0 Å². The number of nitrogens with one attached hydrogen (secondary N) is 2. The SMILES string of the molecule is CCCCC(=O)NC1=C2C(C(F)(F)F)=NC(C(F)(F)F)=NC2NN1c1c(Cl)cc(C(F)(F)F)cc1Cl. The van der Waals surface area contributed by atoms with Crippen LogP contribution >= 0.6 is 23.2 Å². The minimum Gasteiger partial charge on any atom is -0.311 e. The molecule has 3 rings (SSSR count). The van der Waals surface area contributed by atoms with E-state index in [4.69, 9.17) is 23.2 Å². The summed E-state index contributed by atoms with van der Waals surface area (Å²) in [5, 5.41) is 1.25. The van der Waals surface area contributed by atoms with Gasteiger partial charge in [0.2, 0.25) is 11.7 Å². The Morgan fingerprint density at radius 2 is 1.61 bits per heavy atom. The van der Waals surface area contributed by atoms with Crippen LogP contribution in [-0.2, 0) is 11.0 Å². The molecule has 6 nitrogen and oxygen atoms in total. The Morgan fingerprint density at radius 3 is 2.08 bits per heavy atom. The third-order valence-corrected chi connectivity index (χ3v) is 5.41. The maximum atomic E-state index is 13.8. The summed E-state index contributed by atoms with van der Waals surface area (Å²) in [6, 6.07) is 0.827. The van der Waals surface area contributed by atoms with Crippen molar-refractivity contribution in [3.05, 3.63) is 39.1 Å². The van der Waals surface area contributed by atoms with Crippen molar-refractivity contribution < 1.29 is 44.3 Å². The largest absolute Gasteiger partial charge is 0.451 e. The van der Waals surface area contributed by atoms with E-state index in [-0.39, 0.29) is 6.42 Å². The molecule has 0 spiro atoms. The van der Waals surface area contributed by atoms with Crippen LogP contribution in [0.3, 0.4) is 0 Å². The zero-order chi connectivity index (χ0) is 27.2. The number of hydrogen-bond acceptors (Lipinski definition) is 5. The van der Waals surface area contributed by atoms with Gasteiger partial charge in [0.25, 0.3) is 0 Å². The second-order valence-electron chi connectivity index (χ2n) is 7.48. The van der Waals surface area contributed by atoms with Gasteiger partial charge in [-0.05, 0) is 18.6 Å². The molecule has 0 aliphatic carbocycles. The zero-order valence-electron chi connectivity index (χ0n) is 17.8. The molecule has 2 heterocycles. The van der Waals surface area contributed by atoms with Crippen LogP contribution in [0.1, 0.15) is 31.7 Å². The van der Waals surface area contributed by atoms with Crippen LogP contribution in [0, 0.1) is 0 Å². The second-order valence-corrected chi connectivity index (χ2v) is 8.29. The molecule has 36 heavy (non-hydrogen) atoms. The number of aliphatic imine (C=N–C) groups is 2. The number of anilines is 1. The first kappa shape index (κ1) is 28.1. The quantitative estimate of drug-likeness (QED) is 0.417. The van der Waals surface area contributed by atoms with Gasteiger partial charge in [0, 0.05) is 6.42 Å². The van der Waals surface area contributed by atoms with Gasteiger partial charge < -0.3 is 5.32 Å². The maximum absolute atomic E-state index is 13.8. The number of halogens is 11. The first-order chi connectivity index (χ1) is 16.4. The summed E-state index contributed by atoms with van der Waals surface area (Å²) in [4.78, 5) is 18.2. The summed E-state index contributed by atoms with van der Waals surface area (Å²) in [5.41, 5.74) is -2.70. The Hall–Kier alpha value is -2.52. The number of amidine groups is 1. The molecule has 1 unspecified atom stereocenters. The number of fused-ring (bicyclic) bond motifs is 1. The van der Waals surface area contributed by atoms with Crippen LogP contribution in [0.25, 0.3) is 0 Å². The van der Waals surface area contributed by atoms with Gasteiger partial charge in [-0.15, -0.1) is 0 Å². The number of rotatable bonds is 5. The van der Waals surface area contributed by atoms with Crippen molar-refractivity contribution in [3.63, 3.8) is 0 Å². The maximum Gasteiger partial charge on any atom is 0.451 e. The lowest BCUT2D eigenvalue weighted by atomic mass is 10.1. The molecule has 1 amide bonds. The second kappa shape index (κ2) is 9.74. The molecule has 0 bridgehead atoms. The molecule has 2 aliphatic heterocycles. The predicted molar refractivity (Wildman–Crippen MR) is 113 cm³/mol. The summed E-state index contributed by atoms with van der Waals surface area (Å²) in [5.74, 6) is -3.73. The predicted octanol–water partition coefficient (Wildman–Crippen LogP) is 6.16. The van der Waals surface area contributed by atoms with Crippen molar-refractivity contribution in [3.8, 4) is 0 Å². The highest BCUT2D eigenvalue weighted by atomic mass is 35.5. The number of hydrazine groups is 1. The molecule has 0 fully saturated rings. The van der Waals surface area contributed by atoms with E-state index in [1.807, 2.05) is 0 Å². The minimum absolute atomic E-state index is 0.185. The van der Waals surface area contributed by atoms with E-state index < -0.39 is 74.8 Å². The fourth-order valence-electron chi connectivity index (χ4n) is 3.28. The average Bonchev–Trinajstić information content (AvgIpc) is 3.06. The van der Waals surface area contributed by atoms with Crippen molar-refractivity contribution in [2.45, 2.75) is 50.9 Å². The Labute approximate surface area is 206 Å². The lowest BCUT2D eigenvalue weighted by molar-refractivity contribution is -0.137. The molecule has 0 aromatic heterocycles. The summed E-state index contributed by atoms with van der Waals surface area (Å²) >= 11 is 11.9. The van der Waals surface area contributed by atoms with Crippen LogP contribution in [0.4, 0.5) is 45.2 Å². The first-order valence-electron chi connectivity index (χ1n) is 9.93. The monoisotopic (exact) mass is 569 g/mol. The highest BCUT2D eigenvalue weighted by Crippen LogP contribution is 2.44. The van der Waals surface area contributed by atoms with Crippen LogP contribution in [0.5, 0.6) is 0 Å². The normalized spacial score (nSPS) is 18.8. The van der Waals surface area contributed by atoms with Crippen LogP contribution in [0.15, 0.2) is 33.5 Å². The fourth-order valence-corrected chi connectivity index (χ4v) is 3.94. The molecular formula is C19H14Cl2F9N5O. The molecule has 198 valence electrons. The summed E-state index contributed by atoms with van der Waals surface area (Å²) in [6.07, 6.45) is -17.1. The van der Waals surface area contributed by atoms with Crippen molar-refractivity contribution in [1.29, 1.82) is 0 Å². The minimum atomic E-state index is -5.44. The average molecular weight is 570 g/mol. The van der Waals surface area contributed by atoms with E-state index in [1.54, 1.807) is 6.92 Å². The molecule has 2 N–H and O–H groups in total. The summed E-state index contributed by atoms with van der Waals surface area (Å²) in [7, 11) is 0. The van der Waals surface area contributed by atoms with Gasteiger partial charge in [-0.1, -0.05) is 36.5 Å². The molecule has 0 saturated carbocycles. The lowest BCUT2D eigenvalue weighted by Gasteiger charge is -2.26. The molecular weight excluding hydrogens is 556 g/mol. The number of benzene rings is 1. The smallest absolute Gasteiger partial charge is 0.311 e. The Kier molecular flexibility index (Phi) is 7.59.